The Balaban J connectivity index is 0.00000109. The number of anilines is 1. The van der Waals surface area contributed by atoms with Gasteiger partial charge in [-0.05, 0) is 30.7 Å². The molecule has 6 nitrogen and oxygen atoms in total. The van der Waals surface area contributed by atoms with Crippen molar-refractivity contribution in [1.29, 1.82) is 0 Å². The highest BCUT2D eigenvalue weighted by Gasteiger charge is 2.10. The van der Waals surface area contributed by atoms with Gasteiger partial charge >= 0.3 is 5.97 Å². The summed E-state index contributed by atoms with van der Waals surface area (Å²) in [4.78, 5) is 18.8. The van der Waals surface area contributed by atoms with Crippen LogP contribution in [0.1, 0.15) is 35.5 Å². The molecule has 0 amide bonds. The van der Waals surface area contributed by atoms with Gasteiger partial charge < -0.3 is 20.2 Å². The normalized spacial score (nSPS) is 10.1. The van der Waals surface area contributed by atoms with Crippen LogP contribution >= 0.6 is 0 Å². The Bertz CT molecular complexity index is 871. The van der Waals surface area contributed by atoms with Gasteiger partial charge in [-0.1, -0.05) is 19.9 Å². The first kappa shape index (κ1) is 18.3. The minimum Gasteiger partial charge on any atom is -0.488 e. The van der Waals surface area contributed by atoms with E-state index in [1.54, 1.807) is 18.3 Å². The minimum atomic E-state index is -0.420. The smallest absolute Gasteiger partial charge is 0.354 e. The van der Waals surface area contributed by atoms with Crippen LogP contribution in [-0.4, -0.2) is 23.0 Å². The van der Waals surface area contributed by atoms with Gasteiger partial charge in [0.15, 0.2) is 0 Å². The molecule has 0 saturated carbocycles. The fourth-order valence-electron chi connectivity index (χ4n) is 2.29. The van der Waals surface area contributed by atoms with Crippen molar-refractivity contribution in [3.63, 3.8) is 0 Å². The van der Waals surface area contributed by atoms with Crippen LogP contribution in [0, 0.1) is 6.92 Å². The van der Waals surface area contributed by atoms with E-state index < -0.39 is 5.97 Å². The number of rotatable bonds is 4. The van der Waals surface area contributed by atoms with Gasteiger partial charge in [-0.2, -0.15) is 0 Å². The first-order chi connectivity index (χ1) is 12.1. The molecule has 25 heavy (non-hydrogen) atoms. The van der Waals surface area contributed by atoms with Gasteiger partial charge in [0.25, 0.3) is 0 Å². The molecule has 1 aromatic carbocycles. The van der Waals surface area contributed by atoms with Gasteiger partial charge in [0.2, 0.25) is 0 Å². The zero-order chi connectivity index (χ0) is 18.4. The number of aromatic nitrogens is 2. The average Bonchev–Trinajstić information content (AvgIpc) is 3.06. The highest BCUT2D eigenvalue weighted by Crippen LogP contribution is 2.22. The van der Waals surface area contributed by atoms with Gasteiger partial charge in [0.1, 0.15) is 23.7 Å². The van der Waals surface area contributed by atoms with Crippen molar-refractivity contribution in [1.82, 2.24) is 9.97 Å². The molecule has 0 fully saturated rings. The summed E-state index contributed by atoms with van der Waals surface area (Å²) in [5.41, 5.74) is 9.36. The Morgan fingerprint density at radius 1 is 1.24 bits per heavy atom. The zero-order valence-corrected chi connectivity index (χ0v) is 14.9. The van der Waals surface area contributed by atoms with Crippen molar-refractivity contribution in [2.45, 2.75) is 27.4 Å². The average molecular weight is 341 g/mol. The third kappa shape index (κ3) is 4.29. The van der Waals surface area contributed by atoms with Crippen molar-refractivity contribution in [3.8, 4) is 5.75 Å². The molecule has 132 valence electrons. The number of nitrogens with zero attached hydrogens (tertiary/aromatic N) is 1. The number of ether oxygens (including phenoxy) is 2. The molecular weight excluding hydrogens is 318 g/mol. The summed E-state index contributed by atoms with van der Waals surface area (Å²) in [5.74, 6) is 0.325. The predicted molar refractivity (Wildman–Crippen MR) is 98.7 cm³/mol. The highest BCUT2D eigenvalue weighted by molar-refractivity contribution is 5.93. The zero-order valence-electron chi connectivity index (χ0n) is 14.9. The second kappa shape index (κ2) is 8.19. The van der Waals surface area contributed by atoms with Crippen LogP contribution in [0.4, 0.5) is 5.69 Å². The predicted octanol–water partition coefficient (Wildman–Crippen LogP) is 3.85. The summed E-state index contributed by atoms with van der Waals surface area (Å²) in [6.07, 6.45) is 1.71. The van der Waals surface area contributed by atoms with Gasteiger partial charge in [0.05, 0.1) is 7.11 Å². The topological polar surface area (TPSA) is 90.2 Å². The van der Waals surface area contributed by atoms with Crippen LogP contribution < -0.4 is 10.5 Å². The van der Waals surface area contributed by atoms with Crippen molar-refractivity contribution >= 4 is 22.7 Å². The fraction of sp³-hybridized carbons (Fsp3) is 0.263. The van der Waals surface area contributed by atoms with E-state index in [2.05, 4.69) is 9.97 Å². The van der Waals surface area contributed by atoms with Crippen LogP contribution in [0.3, 0.4) is 0 Å². The molecule has 0 radical (unpaired) electrons. The Morgan fingerprint density at radius 2 is 2.00 bits per heavy atom. The molecule has 3 aromatic rings. The number of aromatic amines is 1. The monoisotopic (exact) mass is 341 g/mol. The maximum Gasteiger partial charge on any atom is 0.354 e. The lowest BCUT2D eigenvalue weighted by Gasteiger charge is -2.09. The molecule has 0 aliphatic carbocycles. The van der Waals surface area contributed by atoms with Crippen LogP contribution in [-0.2, 0) is 11.3 Å². The number of carbonyl (C=O) groups is 1. The molecule has 2 heterocycles. The third-order valence-corrected chi connectivity index (χ3v) is 3.54. The lowest BCUT2D eigenvalue weighted by molar-refractivity contribution is 0.0595. The SMILES string of the molecule is CC.COC(=O)c1cc2cc(COc3cc(N)ccc3C)cnc2[nH]1. The number of nitrogens with one attached hydrogen (secondary N) is 1. The number of benzene rings is 1. The third-order valence-electron chi connectivity index (χ3n) is 3.54. The molecule has 3 N–H and O–H groups in total. The highest BCUT2D eigenvalue weighted by atomic mass is 16.5. The summed E-state index contributed by atoms with van der Waals surface area (Å²) in [5, 5.41) is 0.829. The maximum atomic E-state index is 11.5. The molecule has 0 aliphatic heterocycles. The number of hydrogen-bond donors (Lipinski definition) is 2. The molecule has 6 heteroatoms. The van der Waals surface area contributed by atoms with Crippen molar-refractivity contribution < 1.29 is 14.3 Å². The number of fused-ring (bicyclic) bond motifs is 1. The minimum absolute atomic E-state index is 0.367. The summed E-state index contributed by atoms with van der Waals surface area (Å²) < 4.78 is 10.5. The number of carbonyl (C=O) groups excluding carboxylic acids is 1. The standard InChI is InChI=1S/C17H17N3O3.C2H6/c1-10-3-4-13(18)7-15(10)23-9-11-5-12-6-14(17(21)22-2)20-16(12)19-8-11;1-2/h3-8H,9,18H2,1-2H3,(H,19,20);1-2H3. The first-order valence-corrected chi connectivity index (χ1v) is 8.11. The second-order valence-corrected chi connectivity index (χ2v) is 5.27. The van der Waals surface area contributed by atoms with E-state index in [1.807, 2.05) is 39.0 Å². The largest absolute Gasteiger partial charge is 0.488 e. The second-order valence-electron chi connectivity index (χ2n) is 5.27. The Labute approximate surface area is 147 Å². The molecular formula is C19H23N3O3. The van der Waals surface area contributed by atoms with Gasteiger partial charge in [-0.3, -0.25) is 0 Å². The first-order valence-electron chi connectivity index (χ1n) is 8.11. The van der Waals surface area contributed by atoms with E-state index in [0.717, 1.165) is 22.3 Å². The summed E-state index contributed by atoms with van der Waals surface area (Å²) in [7, 11) is 1.34. The van der Waals surface area contributed by atoms with E-state index in [1.165, 1.54) is 7.11 Å². The summed E-state index contributed by atoms with van der Waals surface area (Å²) in [6, 6.07) is 9.19. The number of pyridine rings is 1. The van der Waals surface area contributed by atoms with Crippen LogP contribution in [0.25, 0.3) is 11.0 Å². The number of H-pyrrole nitrogens is 1. The quantitative estimate of drug-likeness (QED) is 0.556. The molecule has 3 rings (SSSR count). The van der Waals surface area contributed by atoms with E-state index in [-0.39, 0.29) is 0 Å². The molecule has 0 atom stereocenters. The molecule has 2 aromatic heterocycles. The molecule has 0 bridgehead atoms. The number of methoxy groups -OCH3 is 1. The van der Waals surface area contributed by atoms with E-state index in [4.69, 9.17) is 15.2 Å². The van der Waals surface area contributed by atoms with Crippen LogP contribution in [0.15, 0.2) is 36.5 Å². The number of nitrogen functional groups attached to an aromatic ring is 1. The molecule has 0 unspecified atom stereocenters. The molecule has 0 saturated heterocycles. The fourth-order valence-corrected chi connectivity index (χ4v) is 2.29. The maximum absolute atomic E-state index is 11.5. The molecule has 0 spiro atoms. The lowest BCUT2D eigenvalue weighted by atomic mass is 10.2. The van der Waals surface area contributed by atoms with E-state index >= 15 is 0 Å². The Kier molecular flexibility index (Phi) is 6.00. The van der Waals surface area contributed by atoms with Crippen molar-refractivity contribution in [2.75, 3.05) is 12.8 Å². The van der Waals surface area contributed by atoms with Crippen LogP contribution in [0.2, 0.25) is 0 Å². The number of esters is 1. The van der Waals surface area contributed by atoms with Crippen LogP contribution in [0.5, 0.6) is 5.75 Å². The van der Waals surface area contributed by atoms with E-state index in [0.29, 0.717) is 23.6 Å². The summed E-state index contributed by atoms with van der Waals surface area (Å²) >= 11 is 0. The lowest BCUT2D eigenvalue weighted by Crippen LogP contribution is -2.00. The molecule has 0 aliphatic rings. The Morgan fingerprint density at radius 3 is 2.72 bits per heavy atom. The van der Waals surface area contributed by atoms with Gasteiger partial charge in [0, 0.05) is 28.9 Å². The number of nitrogens with two attached hydrogens (primary N) is 1. The number of hydrogen-bond acceptors (Lipinski definition) is 5. The summed E-state index contributed by atoms with van der Waals surface area (Å²) in [6.45, 7) is 6.33. The Hall–Kier alpha value is -3.02. The van der Waals surface area contributed by atoms with Gasteiger partial charge in [-0.25, -0.2) is 9.78 Å². The van der Waals surface area contributed by atoms with Gasteiger partial charge in [-0.15, -0.1) is 0 Å². The van der Waals surface area contributed by atoms with E-state index in [9.17, 15) is 4.79 Å². The number of aryl methyl sites for hydroxylation is 1. The van der Waals surface area contributed by atoms with Crippen molar-refractivity contribution in [2.24, 2.45) is 0 Å². The van der Waals surface area contributed by atoms with Crippen molar-refractivity contribution in [3.05, 3.63) is 53.3 Å².